The molecule has 0 aliphatic rings. The third-order valence-corrected chi connectivity index (χ3v) is 4.00. The zero-order valence-electron chi connectivity index (χ0n) is 14.3. The molecule has 5 nitrogen and oxygen atoms in total. The number of fused-ring (bicyclic) bond motifs is 1. The summed E-state index contributed by atoms with van der Waals surface area (Å²) in [7, 11) is 0. The van der Waals surface area contributed by atoms with Crippen molar-refractivity contribution in [2.24, 2.45) is 0 Å². The van der Waals surface area contributed by atoms with E-state index < -0.39 is 17.9 Å². The molecule has 3 rings (SSSR count). The van der Waals surface area contributed by atoms with Crippen molar-refractivity contribution in [3.8, 4) is 5.75 Å². The fourth-order valence-electron chi connectivity index (χ4n) is 2.77. The van der Waals surface area contributed by atoms with E-state index >= 15 is 0 Å². The molecule has 0 aromatic heterocycles. The van der Waals surface area contributed by atoms with E-state index in [4.69, 9.17) is 0 Å². The summed E-state index contributed by atoms with van der Waals surface area (Å²) in [6.07, 6.45) is 0.105. The van der Waals surface area contributed by atoms with Crippen molar-refractivity contribution in [2.45, 2.75) is 12.5 Å². The maximum absolute atomic E-state index is 12.3. The fourth-order valence-corrected chi connectivity index (χ4v) is 2.77. The number of nitrogens with one attached hydrogen (secondary N) is 1. The van der Waals surface area contributed by atoms with Gasteiger partial charge < -0.3 is 20.3 Å². The van der Waals surface area contributed by atoms with Gasteiger partial charge in [-0.05, 0) is 41.0 Å². The van der Waals surface area contributed by atoms with Crippen LogP contribution in [-0.2, 0) is 11.2 Å². The summed E-state index contributed by atoms with van der Waals surface area (Å²) < 4.78 is 0. The molecule has 26 heavy (non-hydrogen) atoms. The number of carbonyl (C=O) groups excluding carboxylic acids is 2. The van der Waals surface area contributed by atoms with Gasteiger partial charge in [-0.15, -0.1) is 0 Å². The van der Waals surface area contributed by atoms with E-state index in [1.807, 2.05) is 42.5 Å². The second kappa shape index (κ2) is 8.85. The van der Waals surface area contributed by atoms with Crippen LogP contribution in [0, 0.1) is 0 Å². The molecule has 1 amide bonds. The predicted octanol–water partition coefficient (Wildman–Crippen LogP) is -1.36. The average molecular weight is 357 g/mol. The first-order valence-corrected chi connectivity index (χ1v) is 7.82. The Morgan fingerprint density at radius 3 is 2.42 bits per heavy atom. The van der Waals surface area contributed by atoms with Crippen LogP contribution in [0.3, 0.4) is 0 Å². The molecule has 1 atom stereocenters. The number of rotatable bonds is 5. The van der Waals surface area contributed by atoms with Crippen LogP contribution in [0.25, 0.3) is 10.8 Å². The quantitative estimate of drug-likeness (QED) is 0.552. The van der Waals surface area contributed by atoms with Gasteiger partial charge in [0.25, 0.3) is 5.91 Å². The van der Waals surface area contributed by atoms with Crippen LogP contribution in [0.5, 0.6) is 5.75 Å². The maximum Gasteiger partial charge on any atom is 1.00 e. The zero-order chi connectivity index (χ0) is 17.8. The molecule has 0 saturated carbocycles. The number of phenolic OH excluding ortho intramolecular Hbond substituents is 1. The first-order valence-electron chi connectivity index (χ1n) is 7.82. The van der Waals surface area contributed by atoms with E-state index in [9.17, 15) is 19.8 Å². The number of carboxylic acids is 1. The molecule has 0 aliphatic carbocycles. The Balaban J connectivity index is 0.00000243. The molecule has 0 fully saturated rings. The molecule has 0 spiro atoms. The number of benzene rings is 3. The smallest absolute Gasteiger partial charge is 0.548 e. The Kier molecular flexibility index (Phi) is 6.80. The molecule has 0 radical (unpaired) electrons. The molecule has 0 saturated heterocycles. The standard InChI is InChI=1S/C20H17NO4.Na/c22-16-9-4-8-15(11-16)19(23)21-18(20(24)25)12-14-7-3-6-13-5-1-2-10-17(13)14;/h1-11,18,22H,12H2,(H,21,23)(H,24,25);/q;+1/p-1. The molecule has 126 valence electrons. The Morgan fingerprint density at radius 2 is 1.69 bits per heavy atom. The van der Waals surface area contributed by atoms with Crippen LogP contribution in [0.2, 0.25) is 0 Å². The van der Waals surface area contributed by atoms with Gasteiger partial charge >= 0.3 is 29.6 Å². The topological polar surface area (TPSA) is 89.5 Å². The summed E-state index contributed by atoms with van der Waals surface area (Å²) >= 11 is 0. The van der Waals surface area contributed by atoms with Crippen LogP contribution in [0.4, 0.5) is 0 Å². The molecule has 1 unspecified atom stereocenters. The minimum atomic E-state index is -1.36. The number of amides is 1. The molecule has 3 aromatic carbocycles. The first-order chi connectivity index (χ1) is 12.0. The van der Waals surface area contributed by atoms with Crippen molar-refractivity contribution >= 4 is 22.6 Å². The van der Waals surface area contributed by atoms with Crippen molar-refractivity contribution in [1.82, 2.24) is 5.32 Å². The molecular weight excluding hydrogens is 341 g/mol. The van der Waals surface area contributed by atoms with Gasteiger partial charge in [0.2, 0.25) is 0 Å². The number of hydrogen-bond donors (Lipinski definition) is 2. The maximum atomic E-state index is 12.3. The predicted molar refractivity (Wildman–Crippen MR) is 92.0 cm³/mol. The Bertz CT molecular complexity index is 937. The number of aliphatic carboxylic acids is 1. The van der Waals surface area contributed by atoms with E-state index in [2.05, 4.69) is 5.32 Å². The number of aromatic hydroxyl groups is 1. The van der Waals surface area contributed by atoms with Crippen LogP contribution < -0.4 is 40.0 Å². The normalized spacial score (nSPS) is 11.4. The van der Waals surface area contributed by atoms with Crippen LogP contribution >= 0.6 is 0 Å². The SMILES string of the molecule is O=C(NC(Cc1cccc2ccccc12)C(=O)[O-])c1cccc(O)c1.[Na+]. The largest absolute Gasteiger partial charge is 1.00 e. The molecule has 0 bridgehead atoms. The zero-order valence-corrected chi connectivity index (χ0v) is 16.3. The van der Waals surface area contributed by atoms with Gasteiger partial charge in [0.05, 0.1) is 12.0 Å². The first kappa shape index (κ1) is 20.0. The van der Waals surface area contributed by atoms with E-state index in [-0.39, 0.29) is 47.3 Å². The molecule has 3 aromatic rings. The van der Waals surface area contributed by atoms with Gasteiger partial charge in [-0.1, -0.05) is 48.5 Å². The fraction of sp³-hybridized carbons (Fsp3) is 0.100. The van der Waals surface area contributed by atoms with Crippen molar-refractivity contribution in [3.63, 3.8) is 0 Å². The molecule has 0 heterocycles. The summed E-state index contributed by atoms with van der Waals surface area (Å²) in [4.78, 5) is 23.8. The monoisotopic (exact) mass is 357 g/mol. The minimum absolute atomic E-state index is 0. The van der Waals surface area contributed by atoms with Crippen LogP contribution in [-0.4, -0.2) is 23.0 Å². The third kappa shape index (κ3) is 4.64. The van der Waals surface area contributed by atoms with Gasteiger partial charge in [0.15, 0.2) is 0 Å². The summed E-state index contributed by atoms with van der Waals surface area (Å²) in [6.45, 7) is 0. The molecule has 2 N–H and O–H groups in total. The van der Waals surface area contributed by atoms with Gasteiger partial charge in [0, 0.05) is 5.56 Å². The second-order valence-corrected chi connectivity index (χ2v) is 5.74. The van der Waals surface area contributed by atoms with Crippen molar-refractivity contribution in [2.75, 3.05) is 0 Å². The molecular formula is C20H16NNaO4. The van der Waals surface area contributed by atoms with E-state index in [1.54, 1.807) is 0 Å². The van der Waals surface area contributed by atoms with Gasteiger partial charge in [-0.2, -0.15) is 0 Å². The number of carbonyl (C=O) groups is 2. The number of hydrogen-bond acceptors (Lipinski definition) is 4. The van der Waals surface area contributed by atoms with Gasteiger partial charge in [-0.3, -0.25) is 4.79 Å². The van der Waals surface area contributed by atoms with Crippen molar-refractivity contribution in [3.05, 3.63) is 77.9 Å². The Labute approximate surface area is 173 Å². The minimum Gasteiger partial charge on any atom is -0.548 e. The number of carboxylic acid groups (broad SMARTS) is 1. The summed E-state index contributed by atoms with van der Waals surface area (Å²) in [5, 5.41) is 25.3. The Hall–Kier alpha value is -2.34. The van der Waals surface area contributed by atoms with Crippen LogP contribution in [0.1, 0.15) is 15.9 Å². The molecule has 0 aliphatic heterocycles. The van der Waals surface area contributed by atoms with E-state index in [0.717, 1.165) is 16.3 Å². The number of phenols is 1. The van der Waals surface area contributed by atoms with Crippen molar-refractivity contribution in [1.29, 1.82) is 0 Å². The van der Waals surface area contributed by atoms with Crippen molar-refractivity contribution < 1.29 is 49.4 Å². The molecule has 6 heteroatoms. The van der Waals surface area contributed by atoms with Gasteiger partial charge in [-0.25, -0.2) is 0 Å². The summed E-state index contributed by atoms with van der Waals surface area (Å²) in [6, 6.07) is 17.8. The third-order valence-electron chi connectivity index (χ3n) is 4.00. The van der Waals surface area contributed by atoms with Crippen LogP contribution in [0.15, 0.2) is 66.7 Å². The summed E-state index contributed by atoms with van der Waals surface area (Å²) in [5.41, 5.74) is 0.993. The van der Waals surface area contributed by atoms with E-state index in [0.29, 0.717) is 0 Å². The second-order valence-electron chi connectivity index (χ2n) is 5.74. The average Bonchev–Trinajstić information content (AvgIpc) is 2.61. The Morgan fingerprint density at radius 1 is 1.00 bits per heavy atom. The van der Waals surface area contributed by atoms with Gasteiger partial charge in [0.1, 0.15) is 5.75 Å². The van der Waals surface area contributed by atoms with E-state index in [1.165, 1.54) is 24.3 Å². The summed E-state index contributed by atoms with van der Waals surface area (Å²) in [5.74, 6) is -2.00.